The summed E-state index contributed by atoms with van der Waals surface area (Å²) in [6.45, 7) is 4.00. The molecular weight excluding hydrogens is 458 g/mol. The van der Waals surface area contributed by atoms with Crippen molar-refractivity contribution in [2.24, 2.45) is 0 Å². The summed E-state index contributed by atoms with van der Waals surface area (Å²) in [7, 11) is 0. The van der Waals surface area contributed by atoms with Crippen LogP contribution < -0.4 is 10.6 Å². The molecule has 166 valence electrons. The number of aromatic nitrogens is 5. The molecule has 2 amide bonds. The van der Waals surface area contributed by atoms with Crippen molar-refractivity contribution in [3.8, 4) is 16.9 Å². The Morgan fingerprint density at radius 3 is 3.00 bits per heavy atom. The largest absolute Gasteiger partial charge is 0.326 e. The monoisotopic (exact) mass is 477 g/mol. The number of hydrogen-bond acceptors (Lipinski definition) is 8. The van der Waals surface area contributed by atoms with Crippen molar-refractivity contribution in [1.29, 1.82) is 0 Å². The zero-order valence-corrected chi connectivity index (χ0v) is 19.5. The number of amides is 2. The van der Waals surface area contributed by atoms with Crippen LogP contribution in [0, 0.1) is 13.8 Å². The Kier molecular flexibility index (Phi) is 5.65. The summed E-state index contributed by atoms with van der Waals surface area (Å²) in [6.07, 6.45) is 0.371. The number of carbonyl (C=O) groups is 2. The fourth-order valence-electron chi connectivity index (χ4n) is 3.51. The third-order valence-corrected chi connectivity index (χ3v) is 6.82. The summed E-state index contributed by atoms with van der Waals surface area (Å²) in [5.74, 6) is -0.0538. The summed E-state index contributed by atoms with van der Waals surface area (Å²) < 4.78 is 1.65. The molecule has 0 fully saturated rings. The molecule has 2 aromatic carbocycles. The highest BCUT2D eigenvalue weighted by molar-refractivity contribution is 7.99. The average Bonchev–Trinajstić information content (AvgIpc) is 3.52. The van der Waals surface area contributed by atoms with Gasteiger partial charge in [0.1, 0.15) is 0 Å². The van der Waals surface area contributed by atoms with Crippen LogP contribution in [0.15, 0.2) is 46.9 Å². The van der Waals surface area contributed by atoms with E-state index in [-0.39, 0.29) is 17.6 Å². The predicted octanol–water partition coefficient (Wildman–Crippen LogP) is 3.63. The third-order valence-electron chi connectivity index (χ3n) is 5.14. The second-order valence-electron chi connectivity index (χ2n) is 7.63. The van der Waals surface area contributed by atoms with Crippen LogP contribution in [0.4, 0.5) is 10.8 Å². The fraction of sp³-hybridized carbons (Fsp3) is 0.182. The molecule has 0 bridgehead atoms. The molecule has 0 radical (unpaired) electrons. The van der Waals surface area contributed by atoms with Gasteiger partial charge in [0, 0.05) is 16.6 Å². The molecule has 33 heavy (non-hydrogen) atoms. The van der Waals surface area contributed by atoms with Gasteiger partial charge >= 0.3 is 0 Å². The van der Waals surface area contributed by atoms with Crippen molar-refractivity contribution in [2.45, 2.75) is 25.4 Å². The minimum Gasteiger partial charge on any atom is -0.326 e. The molecule has 3 heterocycles. The normalized spacial score (nSPS) is 12.5. The highest BCUT2D eigenvalue weighted by Gasteiger charge is 2.19. The first-order valence-electron chi connectivity index (χ1n) is 10.1. The van der Waals surface area contributed by atoms with Gasteiger partial charge in [-0.05, 0) is 59.2 Å². The Morgan fingerprint density at radius 1 is 1.24 bits per heavy atom. The number of thiazole rings is 1. The van der Waals surface area contributed by atoms with E-state index >= 15 is 0 Å². The van der Waals surface area contributed by atoms with Gasteiger partial charge in [0.15, 0.2) is 5.13 Å². The number of nitrogens with one attached hydrogen (secondary N) is 2. The summed E-state index contributed by atoms with van der Waals surface area (Å²) in [5.41, 5.74) is 6.49. The maximum absolute atomic E-state index is 12.5. The van der Waals surface area contributed by atoms with Crippen molar-refractivity contribution < 1.29 is 9.59 Å². The molecule has 0 spiro atoms. The Hall–Kier alpha value is -3.57. The van der Waals surface area contributed by atoms with E-state index in [0.717, 1.165) is 39.3 Å². The molecule has 0 aliphatic carbocycles. The maximum atomic E-state index is 12.5. The molecule has 2 N–H and O–H groups in total. The third kappa shape index (κ3) is 4.50. The van der Waals surface area contributed by atoms with Crippen LogP contribution in [-0.4, -0.2) is 42.8 Å². The Balaban J connectivity index is 1.23. The molecule has 1 aliphatic rings. The van der Waals surface area contributed by atoms with E-state index < -0.39 is 0 Å². The summed E-state index contributed by atoms with van der Waals surface area (Å²) in [4.78, 5) is 28.6. The van der Waals surface area contributed by atoms with Crippen LogP contribution in [0.25, 0.3) is 16.9 Å². The number of benzene rings is 2. The maximum Gasteiger partial charge on any atom is 0.236 e. The lowest BCUT2D eigenvalue weighted by Crippen LogP contribution is -2.14. The zero-order valence-electron chi connectivity index (χ0n) is 17.8. The summed E-state index contributed by atoms with van der Waals surface area (Å²) in [5, 5.41) is 20.5. The van der Waals surface area contributed by atoms with E-state index in [2.05, 4.69) is 31.1 Å². The van der Waals surface area contributed by atoms with Gasteiger partial charge in [-0.3, -0.25) is 9.59 Å². The van der Waals surface area contributed by atoms with Crippen LogP contribution in [0.1, 0.15) is 16.7 Å². The van der Waals surface area contributed by atoms with Crippen LogP contribution in [0.3, 0.4) is 0 Å². The SMILES string of the molecule is Cc1ccc(C)c(-n2nnnc2SCC(=O)Nc2nc(-c3ccc4c(c3)CC(=O)N4)cs2)c1. The minimum atomic E-state index is -0.194. The molecule has 5 rings (SSSR count). The zero-order chi connectivity index (χ0) is 22.9. The lowest BCUT2D eigenvalue weighted by Gasteiger charge is -2.08. The van der Waals surface area contributed by atoms with E-state index in [1.165, 1.54) is 23.1 Å². The van der Waals surface area contributed by atoms with E-state index in [9.17, 15) is 9.59 Å². The van der Waals surface area contributed by atoms with Gasteiger partial charge in [-0.25, -0.2) is 4.98 Å². The highest BCUT2D eigenvalue weighted by Crippen LogP contribution is 2.31. The van der Waals surface area contributed by atoms with Crippen molar-refractivity contribution in [2.75, 3.05) is 16.4 Å². The predicted molar refractivity (Wildman–Crippen MR) is 128 cm³/mol. The van der Waals surface area contributed by atoms with E-state index in [4.69, 9.17) is 0 Å². The van der Waals surface area contributed by atoms with Crippen molar-refractivity contribution in [3.63, 3.8) is 0 Å². The number of anilines is 2. The first kappa shape index (κ1) is 21.3. The number of carbonyl (C=O) groups excluding carboxylic acids is 2. The molecule has 0 saturated heterocycles. The van der Waals surface area contributed by atoms with Crippen molar-refractivity contribution in [3.05, 3.63) is 58.5 Å². The van der Waals surface area contributed by atoms with Gasteiger partial charge in [0.05, 0.1) is 23.6 Å². The van der Waals surface area contributed by atoms with Crippen molar-refractivity contribution in [1.82, 2.24) is 25.2 Å². The molecule has 11 heteroatoms. The number of aryl methyl sites for hydroxylation is 2. The number of tetrazole rings is 1. The van der Waals surface area contributed by atoms with Crippen LogP contribution in [-0.2, 0) is 16.0 Å². The van der Waals surface area contributed by atoms with Gasteiger partial charge in [0.2, 0.25) is 17.0 Å². The second kappa shape index (κ2) is 8.75. The van der Waals surface area contributed by atoms with Crippen molar-refractivity contribution >= 4 is 45.7 Å². The molecule has 0 saturated carbocycles. The molecular formula is C22H19N7O2S2. The first-order valence-corrected chi connectivity index (χ1v) is 12.0. The number of fused-ring (bicyclic) bond motifs is 1. The average molecular weight is 478 g/mol. The van der Waals surface area contributed by atoms with E-state index in [1.807, 2.05) is 55.6 Å². The fourth-order valence-corrected chi connectivity index (χ4v) is 4.93. The number of rotatable bonds is 6. The van der Waals surface area contributed by atoms with Gasteiger partial charge in [-0.1, -0.05) is 30.0 Å². The van der Waals surface area contributed by atoms with Crippen LogP contribution in [0.5, 0.6) is 0 Å². The smallest absolute Gasteiger partial charge is 0.236 e. The van der Waals surface area contributed by atoms with Gasteiger partial charge in [-0.2, -0.15) is 4.68 Å². The van der Waals surface area contributed by atoms with E-state index in [0.29, 0.717) is 16.7 Å². The van der Waals surface area contributed by atoms with Gasteiger partial charge in [0.25, 0.3) is 0 Å². The quantitative estimate of drug-likeness (QED) is 0.408. The summed E-state index contributed by atoms with van der Waals surface area (Å²) in [6, 6.07) is 11.8. The lowest BCUT2D eigenvalue weighted by molar-refractivity contribution is -0.115. The van der Waals surface area contributed by atoms with Gasteiger partial charge in [-0.15, -0.1) is 16.4 Å². The first-order chi connectivity index (χ1) is 16.0. The van der Waals surface area contributed by atoms with Gasteiger partial charge < -0.3 is 10.6 Å². The molecule has 4 aromatic rings. The molecule has 0 unspecified atom stereocenters. The molecule has 9 nitrogen and oxygen atoms in total. The molecule has 2 aromatic heterocycles. The second-order valence-corrected chi connectivity index (χ2v) is 9.44. The molecule has 1 aliphatic heterocycles. The number of thioether (sulfide) groups is 1. The molecule has 0 atom stereocenters. The summed E-state index contributed by atoms with van der Waals surface area (Å²) >= 11 is 2.61. The van der Waals surface area contributed by atoms with E-state index in [1.54, 1.807) is 4.68 Å². The number of hydrogen-bond donors (Lipinski definition) is 2. The Morgan fingerprint density at radius 2 is 2.12 bits per heavy atom. The van der Waals surface area contributed by atoms with Crippen LogP contribution >= 0.6 is 23.1 Å². The standard InChI is InChI=1S/C22H19N7O2S2/c1-12-3-4-13(2)18(7-12)29-22(26-27-28-29)33-11-20(31)25-21-24-17(10-32-21)14-5-6-16-15(8-14)9-19(30)23-16/h3-8,10H,9,11H2,1-2H3,(H,23,30)(H,24,25,31). The Bertz CT molecular complexity index is 1380. The Labute approximate surface area is 197 Å². The topological polar surface area (TPSA) is 115 Å². The number of nitrogens with zero attached hydrogens (tertiary/aromatic N) is 5. The lowest BCUT2D eigenvalue weighted by atomic mass is 10.1. The highest BCUT2D eigenvalue weighted by atomic mass is 32.2. The minimum absolute atomic E-state index is 0.00512. The van der Waals surface area contributed by atoms with Crippen LogP contribution in [0.2, 0.25) is 0 Å².